The van der Waals surface area contributed by atoms with Crippen molar-refractivity contribution in [3.8, 4) is 0 Å². The molecule has 8 heteroatoms. The van der Waals surface area contributed by atoms with Gasteiger partial charge in [0.15, 0.2) is 0 Å². The van der Waals surface area contributed by atoms with Gasteiger partial charge in [0.05, 0.1) is 18.8 Å². The molecule has 0 saturated carbocycles. The van der Waals surface area contributed by atoms with Crippen LogP contribution in [0.1, 0.15) is 36.9 Å². The molecule has 2 fully saturated rings. The molecule has 3 heterocycles. The third kappa shape index (κ3) is 5.17. The number of carboxylic acid groups (broad SMARTS) is 1. The largest absolute Gasteiger partial charge is 0.465 e. The Morgan fingerprint density at radius 3 is 2.70 bits per heavy atom. The van der Waals surface area contributed by atoms with Gasteiger partial charge in [0.1, 0.15) is 6.54 Å². The van der Waals surface area contributed by atoms with Gasteiger partial charge in [-0.1, -0.05) is 0 Å². The van der Waals surface area contributed by atoms with Crippen molar-refractivity contribution in [1.82, 2.24) is 19.7 Å². The van der Waals surface area contributed by atoms with E-state index in [1.165, 1.54) is 19.0 Å². The van der Waals surface area contributed by atoms with Gasteiger partial charge in [-0.3, -0.25) is 14.7 Å². The molecule has 0 bridgehead atoms. The fraction of sp³-hybridized carbons (Fsp3) is 0.632. The Bertz CT molecular complexity index is 663. The Morgan fingerprint density at radius 2 is 2.00 bits per heavy atom. The molecule has 27 heavy (non-hydrogen) atoms. The number of hydrogen-bond acceptors (Lipinski definition) is 5. The summed E-state index contributed by atoms with van der Waals surface area (Å²) >= 11 is 0. The number of carbonyl (C=O) groups is 2. The minimum absolute atomic E-state index is 0.0273. The van der Waals surface area contributed by atoms with E-state index in [1.54, 1.807) is 12.1 Å². The number of likely N-dealkylation sites (tertiary alicyclic amines) is 2. The Morgan fingerprint density at radius 1 is 1.22 bits per heavy atom. The van der Waals surface area contributed by atoms with Gasteiger partial charge in [-0.15, -0.1) is 0 Å². The molecule has 2 aliphatic heterocycles. The Kier molecular flexibility index (Phi) is 6.63. The van der Waals surface area contributed by atoms with Gasteiger partial charge in [0.2, 0.25) is 5.91 Å². The third-order valence-electron chi connectivity index (χ3n) is 5.38. The highest BCUT2D eigenvalue weighted by atomic mass is 16.4. The number of aliphatic hydroxyl groups excluding tert-OH is 1. The number of carbonyl (C=O) groups excluding carboxylic acids is 1. The molecule has 2 N–H and O–H groups in total. The molecule has 0 spiro atoms. The normalized spacial score (nSPS) is 20.2. The van der Waals surface area contributed by atoms with Crippen molar-refractivity contribution in [2.45, 2.75) is 44.9 Å². The van der Waals surface area contributed by atoms with Gasteiger partial charge in [-0.25, -0.2) is 4.79 Å². The number of amides is 2. The predicted molar refractivity (Wildman–Crippen MR) is 99.0 cm³/mol. The van der Waals surface area contributed by atoms with Crippen molar-refractivity contribution in [3.05, 3.63) is 29.6 Å². The van der Waals surface area contributed by atoms with Crippen LogP contribution in [0.2, 0.25) is 0 Å². The molecule has 0 aromatic carbocycles. The van der Waals surface area contributed by atoms with E-state index in [1.807, 2.05) is 4.90 Å². The third-order valence-corrected chi connectivity index (χ3v) is 5.38. The van der Waals surface area contributed by atoms with Crippen LogP contribution in [0, 0.1) is 0 Å². The van der Waals surface area contributed by atoms with E-state index in [-0.39, 0.29) is 31.6 Å². The van der Waals surface area contributed by atoms with Crippen molar-refractivity contribution < 1.29 is 19.8 Å². The summed E-state index contributed by atoms with van der Waals surface area (Å²) in [4.78, 5) is 33.9. The smallest absolute Gasteiger partial charge is 0.408 e. The summed E-state index contributed by atoms with van der Waals surface area (Å²) in [6.07, 6.45) is 4.78. The van der Waals surface area contributed by atoms with E-state index < -0.39 is 6.09 Å². The maximum absolute atomic E-state index is 12.8. The zero-order valence-electron chi connectivity index (χ0n) is 15.6. The first-order valence-electron chi connectivity index (χ1n) is 9.61. The molecule has 2 saturated heterocycles. The summed E-state index contributed by atoms with van der Waals surface area (Å²) in [5.74, 6) is -0.141. The summed E-state index contributed by atoms with van der Waals surface area (Å²) < 4.78 is 0. The van der Waals surface area contributed by atoms with Gasteiger partial charge in [0.25, 0.3) is 0 Å². The lowest BCUT2D eigenvalue weighted by Gasteiger charge is -2.30. The highest BCUT2D eigenvalue weighted by molar-refractivity contribution is 5.82. The molecular formula is C19H28N4O4. The maximum atomic E-state index is 12.8. The second kappa shape index (κ2) is 9.14. The van der Waals surface area contributed by atoms with Gasteiger partial charge in [0, 0.05) is 25.3 Å². The van der Waals surface area contributed by atoms with Gasteiger partial charge >= 0.3 is 6.09 Å². The SMILES string of the molecule is O=C(O)N(CC(=O)N1CCC[C@@H]1CN1CCCC1)Cc1cc(CO)ccn1. The first kappa shape index (κ1) is 19.6. The van der Waals surface area contributed by atoms with E-state index in [0.29, 0.717) is 17.8 Å². The first-order valence-corrected chi connectivity index (χ1v) is 9.61. The second-order valence-corrected chi connectivity index (χ2v) is 7.34. The average Bonchev–Trinajstić information content (AvgIpc) is 3.33. The van der Waals surface area contributed by atoms with Crippen LogP contribution >= 0.6 is 0 Å². The quantitative estimate of drug-likeness (QED) is 0.741. The minimum Gasteiger partial charge on any atom is -0.465 e. The monoisotopic (exact) mass is 376 g/mol. The van der Waals surface area contributed by atoms with Crippen LogP contribution in [-0.4, -0.2) is 80.7 Å². The zero-order chi connectivity index (χ0) is 19.2. The summed E-state index contributed by atoms with van der Waals surface area (Å²) in [6.45, 7) is 3.49. The molecule has 0 radical (unpaired) electrons. The van der Waals surface area contributed by atoms with Gasteiger partial charge in [-0.05, 0) is 56.5 Å². The topological polar surface area (TPSA) is 97.2 Å². The van der Waals surface area contributed by atoms with E-state index in [0.717, 1.165) is 37.4 Å². The van der Waals surface area contributed by atoms with Crippen LogP contribution in [0.25, 0.3) is 0 Å². The number of aliphatic hydroxyl groups is 1. The summed E-state index contributed by atoms with van der Waals surface area (Å²) in [6, 6.07) is 3.52. The molecule has 2 aliphatic rings. The standard InChI is InChI=1S/C19H28N4O4/c24-14-15-5-6-20-16(10-15)11-22(19(26)27)13-18(25)23-9-3-4-17(23)12-21-7-1-2-8-21/h5-6,10,17,24H,1-4,7-9,11-14H2,(H,26,27)/t17-/m1/s1. The highest BCUT2D eigenvalue weighted by Gasteiger charge is 2.32. The van der Waals surface area contributed by atoms with Crippen LogP contribution in [0.3, 0.4) is 0 Å². The zero-order valence-corrected chi connectivity index (χ0v) is 15.6. The number of hydrogen-bond donors (Lipinski definition) is 2. The maximum Gasteiger partial charge on any atom is 0.408 e. The van der Waals surface area contributed by atoms with E-state index in [9.17, 15) is 19.8 Å². The summed E-state index contributed by atoms with van der Waals surface area (Å²) in [5.41, 5.74) is 1.19. The number of aromatic nitrogens is 1. The average molecular weight is 376 g/mol. The minimum atomic E-state index is -1.14. The Labute approximate surface area is 159 Å². The van der Waals surface area contributed by atoms with Crippen molar-refractivity contribution in [3.63, 3.8) is 0 Å². The number of pyridine rings is 1. The van der Waals surface area contributed by atoms with Gasteiger partial charge < -0.3 is 20.0 Å². The highest BCUT2D eigenvalue weighted by Crippen LogP contribution is 2.21. The van der Waals surface area contributed by atoms with Gasteiger partial charge in [-0.2, -0.15) is 0 Å². The molecule has 2 amide bonds. The lowest BCUT2D eigenvalue weighted by Crippen LogP contribution is -2.47. The van der Waals surface area contributed by atoms with Crippen molar-refractivity contribution in [1.29, 1.82) is 0 Å². The molecule has 1 aromatic heterocycles. The fourth-order valence-corrected chi connectivity index (χ4v) is 3.97. The Hall–Kier alpha value is -2.19. The van der Waals surface area contributed by atoms with Crippen LogP contribution in [-0.2, 0) is 17.9 Å². The van der Waals surface area contributed by atoms with Crippen LogP contribution < -0.4 is 0 Å². The van der Waals surface area contributed by atoms with Crippen LogP contribution in [0.4, 0.5) is 4.79 Å². The molecular weight excluding hydrogens is 348 g/mol. The lowest BCUT2D eigenvalue weighted by atomic mass is 10.2. The summed E-state index contributed by atoms with van der Waals surface area (Å²) in [7, 11) is 0. The fourth-order valence-electron chi connectivity index (χ4n) is 3.97. The lowest BCUT2D eigenvalue weighted by molar-refractivity contribution is -0.133. The van der Waals surface area contributed by atoms with Crippen molar-refractivity contribution in [2.24, 2.45) is 0 Å². The molecule has 0 aliphatic carbocycles. The summed E-state index contributed by atoms with van der Waals surface area (Å²) in [5, 5.41) is 18.7. The van der Waals surface area contributed by atoms with E-state index >= 15 is 0 Å². The van der Waals surface area contributed by atoms with E-state index in [2.05, 4.69) is 9.88 Å². The van der Waals surface area contributed by atoms with Crippen LogP contribution in [0.5, 0.6) is 0 Å². The second-order valence-electron chi connectivity index (χ2n) is 7.34. The van der Waals surface area contributed by atoms with Crippen LogP contribution in [0.15, 0.2) is 18.3 Å². The molecule has 0 unspecified atom stereocenters. The first-order chi connectivity index (χ1) is 13.1. The number of rotatable bonds is 7. The molecule has 1 atom stereocenters. The predicted octanol–water partition coefficient (Wildman–Crippen LogP) is 1.14. The van der Waals surface area contributed by atoms with Crippen molar-refractivity contribution in [2.75, 3.05) is 32.7 Å². The molecule has 1 aromatic rings. The van der Waals surface area contributed by atoms with Crippen molar-refractivity contribution >= 4 is 12.0 Å². The molecule has 3 rings (SSSR count). The molecule has 148 valence electrons. The Balaban J connectivity index is 1.61. The number of nitrogens with zero attached hydrogens (tertiary/aromatic N) is 4. The van der Waals surface area contributed by atoms with E-state index in [4.69, 9.17) is 0 Å². The molecule has 8 nitrogen and oxygen atoms in total.